The van der Waals surface area contributed by atoms with Crippen molar-refractivity contribution >= 4 is 5.78 Å². The van der Waals surface area contributed by atoms with Crippen LogP contribution in [0.15, 0.2) is 18.2 Å². The number of Topliss-reactive ketones (excluding diaryl/α,β-unsaturated/α-hetero) is 1. The molecule has 0 heterocycles. The molecule has 20 heavy (non-hydrogen) atoms. The number of unbranched alkanes of at least 4 members (excludes halogenated alkanes) is 2. The Hall–Kier alpha value is -1.35. The van der Waals surface area contributed by atoms with Crippen LogP contribution >= 0.6 is 0 Å². The van der Waals surface area contributed by atoms with Gasteiger partial charge in [-0.2, -0.15) is 0 Å². The van der Waals surface area contributed by atoms with Gasteiger partial charge in [0.25, 0.3) is 0 Å². The van der Waals surface area contributed by atoms with Crippen LogP contribution in [0.4, 0.5) is 0 Å². The molecule has 0 atom stereocenters. The van der Waals surface area contributed by atoms with Crippen molar-refractivity contribution in [3.8, 4) is 5.75 Å². The highest BCUT2D eigenvalue weighted by molar-refractivity contribution is 5.94. The molecule has 0 aliphatic rings. The molecule has 0 unspecified atom stereocenters. The third kappa shape index (κ3) is 4.97. The lowest BCUT2D eigenvalue weighted by molar-refractivity contribution is 0.101. The standard InChI is InChI=1S/C17H27NO2/c1-5-6-7-10-18(13(2)3)12-16-11-15(14(4)19)8-9-17(16)20/h8-9,11,13,20H,5-7,10,12H2,1-4H3. The lowest BCUT2D eigenvalue weighted by Gasteiger charge is -2.27. The molecular formula is C17H27NO2. The smallest absolute Gasteiger partial charge is 0.159 e. The second-order valence-electron chi connectivity index (χ2n) is 5.67. The molecule has 0 aromatic heterocycles. The zero-order valence-corrected chi connectivity index (χ0v) is 13.1. The summed E-state index contributed by atoms with van der Waals surface area (Å²) in [6.07, 6.45) is 3.60. The minimum Gasteiger partial charge on any atom is -0.508 e. The summed E-state index contributed by atoms with van der Waals surface area (Å²) in [6, 6.07) is 5.54. The second kappa shape index (κ2) is 8.05. The van der Waals surface area contributed by atoms with Gasteiger partial charge >= 0.3 is 0 Å². The fourth-order valence-electron chi connectivity index (χ4n) is 2.23. The first-order chi connectivity index (χ1) is 9.45. The van der Waals surface area contributed by atoms with Crippen LogP contribution in [0, 0.1) is 0 Å². The van der Waals surface area contributed by atoms with Crippen LogP contribution in [0.25, 0.3) is 0 Å². The Balaban J connectivity index is 2.81. The van der Waals surface area contributed by atoms with E-state index in [0.29, 0.717) is 18.2 Å². The summed E-state index contributed by atoms with van der Waals surface area (Å²) in [7, 11) is 0. The van der Waals surface area contributed by atoms with Crippen molar-refractivity contribution in [1.82, 2.24) is 4.90 Å². The number of nitrogens with zero attached hydrogens (tertiary/aromatic N) is 1. The van der Waals surface area contributed by atoms with Crippen molar-refractivity contribution in [1.29, 1.82) is 0 Å². The van der Waals surface area contributed by atoms with Gasteiger partial charge in [-0.05, 0) is 51.9 Å². The summed E-state index contributed by atoms with van der Waals surface area (Å²) in [5, 5.41) is 9.98. The van der Waals surface area contributed by atoms with Crippen molar-refractivity contribution in [3.05, 3.63) is 29.3 Å². The maximum absolute atomic E-state index is 11.4. The van der Waals surface area contributed by atoms with Crippen molar-refractivity contribution < 1.29 is 9.90 Å². The summed E-state index contributed by atoms with van der Waals surface area (Å²) >= 11 is 0. The van der Waals surface area contributed by atoms with Gasteiger partial charge in [0.2, 0.25) is 0 Å². The van der Waals surface area contributed by atoms with Gasteiger partial charge in [-0.3, -0.25) is 9.69 Å². The summed E-state index contributed by atoms with van der Waals surface area (Å²) < 4.78 is 0. The van der Waals surface area contributed by atoms with E-state index in [9.17, 15) is 9.90 Å². The van der Waals surface area contributed by atoms with E-state index in [1.165, 1.54) is 19.3 Å². The summed E-state index contributed by atoms with van der Waals surface area (Å²) in [5.74, 6) is 0.310. The van der Waals surface area contributed by atoms with Crippen LogP contribution in [0.3, 0.4) is 0 Å². The monoisotopic (exact) mass is 277 g/mol. The predicted molar refractivity (Wildman–Crippen MR) is 83.2 cm³/mol. The molecule has 1 aromatic rings. The number of carbonyl (C=O) groups excluding carboxylic acids is 1. The fraction of sp³-hybridized carbons (Fsp3) is 0.588. The molecule has 0 saturated carbocycles. The van der Waals surface area contributed by atoms with Crippen LogP contribution in [-0.2, 0) is 6.54 Å². The van der Waals surface area contributed by atoms with Crippen molar-refractivity contribution in [2.45, 2.75) is 59.5 Å². The molecule has 0 aliphatic heterocycles. The number of ketones is 1. The predicted octanol–water partition coefficient (Wildman–Crippen LogP) is 4.00. The number of hydrogen-bond donors (Lipinski definition) is 1. The van der Waals surface area contributed by atoms with E-state index in [1.807, 2.05) is 6.07 Å². The third-order valence-electron chi connectivity index (χ3n) is 3.64. The fourth-order valence-corrected chi connectivity index (χ4v) is 2.23. The van der Waals surface area contributed by atoms with Crippen LogP contribution in [0.5, 0.6) is 5.75 Å². The molecule has 0 saturated heterocycles. The van der Waals surface area contributed by atoms with E-state index >= 15 is 0 Å². The van der Waals surface area contributed by atoms with Crippen LogP contribution < -0.4 is 0 Å². The van der Waals surface area contributed by atoms with Crippen molar-refractivity contribution in [3.63, 3.8) is 0 Å². The second-order valence-corrected chi connectivity index (χ2v) is 5.67. The molecule has 0 spiro atoms. The molecule has 1 rings (SSSR count). The Morgan fingerprint density at radius 1 is 1.30 bits per heavy atom. The number of benzene rings is 1. The van der Waals surface area contributed by atoms with Crippen molar-refractivity contribution in [2.24, 2.45) is 0 Å². The Bertz CT molecular complexity index is 441. The van der Waals surface area contributed by atoms with Crippen LogP contribution in [-0.4, -0.2) is 28.4 Å². The number of rotatable bonds is 8. The Labute approximate surface area is 122 Å². The highest BCUT2D eigenvalue weighted by Gasteiger charge is 2.13. The Kier molecular flexibility index (Phi) is 6.73. The molecule has 112 valence electrons. The topological polar surface area (TPSA) is 40.5 Å². The molecule has 3 heteroatoms. The zero-order chi connectivity index (χ0) is 15.1. The molecule has 1 aromatic carbocycles. The minimum absolute atomic E-state index is 0.0355. The van der Waals surface area contributed by atoms with E-state index in [-0.39, 0.29) is 11.5 Å². The van der Waals surface area contributed by atoms with Crippen molar-refractivity contribution in [2.75, 3.05) is 6.54 Å². The first-order valence-electron chi connectivity index (χ1n) is 7.52. The normalized spacial score (nSPS) is 11.3. The number of carbonyl (C=O) groups is 1. The molecule has 0 amide bonds. The van der Waals surface area contributed by atoms with Crippen LogP contribution in [0.1, 0.15) is 62.9 Å². The number of phenols is 1. The Morgan fingerprint density at radius 3 is 2.55 bits per heavy atom. The molecule has 0 fully saturated rings. The lowest BCUT2D eigenvalue weighted by atomic mass is 10.1. The summed E-state index contributed by atoms with van der Waals surface area (Å²) in [6.45, 7) is 9.79. The first-order valence-corrected chi connectivity index (χ1v) is 7.52. The van der Waals surface area contributed by atoms with E-state index in [1.54, 1.807) is 19.1 Å². The summed E-state index contributed by atoms with van der Waals surface area (Å²) in [5.41, 5.74) is 1.50. The van der Waals surface area contributed by atoms with Gasteiger partial charge in [-0.25, -0.2) is 0 Å². The lowest BCUT2D eigenvalue weighted by Crippen LogP contribution is -2.31. The average Bonchev–Trinajstić information content (AvgIpc) is 2.39. The Morgan fingerprint density at radius 2 is 2.00 bits per heavy atom. The zero-order valence-electron chi connectivity index (χ0n) is 13.1. The van der Waals surface area contributed by atoms with Gasteiger partial charge in [0, 0.05) is 23.7 Å². The number of aromatic hydroxyl groups is 1. The largest absolute Gasteiger partial charge is 0.508 e. The maximum Gasteiger partial charge on any atom is 0.159 e. The molecule has 0 radical (unpaired) electrons. The summed E-state index contributed by atoms with van der Waals surface area (Å²) in [4.78, 5) is 13.8. The van der Waals surface area contributed by atoms with Gasteiger partial charge in [-0.1, -0.05) is 19.8 Å². The number of hydrogen-bond acceptors (Lipinski definition) is 3. The minimum atomic E-state index is 0.0355. The van der Waals surface area contributed by atoms with E-state index in [2.05, 4.69) is 25.7 Å². The molecule has 1 N–H and O–H groups in total. The quantitative estimate of drug-likeness (QED) is 0.577. The SMILES string of the molecule is CCCCCN(Cc1cc(C(C)=O)ccc1O)C(C)C. The van der Waals surface area contributed by atoms with Gasteiger partial charge in [-0.15, -0.1) is 0 Å². The van der Waals surface area contributed by atoms with Gasteiger partial charge < -0.3 is 5.11 Å². The first kappa shape index (κ1) is 16.7. The van der Waals surface area contributed by atoms with Gasteiger partial charge in [0.1, 0.15) is 5.75 Å². The molecule has 0 aliphatic carbocycles. The maximum atomic E-state index is 11.4. The number of phenolic OH excluding ortho intramolecular Hbond substituents is 1. The molecule has 0 bridgehead atoms. The highest BCUT2D eigenvalue weighted by Crippen LogP contribution is 2.22. The molecule has 3 nitrogen and oxygen atoms in total. The van der Waals surface area contributed by atoms with E-state index in [0.717, 1.165) is 12.1 Å². The van der Waals surface area contributed by atoms with Gasteiger partial charge in [0.15, 0.2) is 5.78 Å². The van der Waals surface area contributed by atoms with Crippen LogP contribution in [0.2, 0.25) is 0 Å². The third-order valence-corrected chi connectivity index (χ3v) is 3.64. The molecular weight excluding hydrogens is 250 g/mol. The van der Waals surface area contributed by atoms with E-state index < -0.39 is 0 Å². The average molecular weight is 277 g/mol. The highest BCUT2D eigenvalue weighted by atomic mass is 16.3. The van der Waals surface area contributed by atoms with Gasteiger partial charge in [0.05, 0.1) is 0 Å². The van der Waals surface area contributed by atoms with E-state index in [4.69, 9.17) is 0 Å².